The number of rotatable bonds is 3. The number of carbonyl (C=O) groups excluding carboxylic acids is 1. The fourth-order valence-corrected chi connectivity index (χ4v) is 0.597. The van der Waals surface area contributed by atoms with Crippen molar-refractivity contribution in [1.82, 2.24) is 0 Å². The first-order valence-corrected chi connectivity index (χ1v) is 4.09. The molecular weight excluding hydrogens is 144 g/mol. The third-order valence-electron chi connectivity index (χ3n) is 1.66. The van der Waals surface area contributed by atoms with E-state index in [1.807, 2.05) is 13.8 Å². The van der Waals surface area contributed by atoms with E-state index in [4.69, 9.17) is 9.47 Å². The first kappa shape index (κ1) is 8.37. The quantitative estimate of drug-likeness (QED) is 0.590. The molecule has 3 heteroatoms. The van der Waals surface area contributed by atoms with Crippen molar-refractivity contribution >= 4 is 6.16 Å². The maximum Gasteiger partial charge on any atom is 0.508 e. The molecule has 0 aromatic rings. The summed E-state index contributed by atoms with van der Waals surface area (Å²) in [5.74, 6) is 0. The summed E-state index contributed by atoms with van der Waals surface area (Å²) in [5.41, 5.74) is 0. The summed E-state index contributed by atoms with van der Waals surface area (Å²) in [4.78, 5) is 10.8. The Morgan fingerprint density at radius 1 is 1.64 bits per heavy atom. The second-order valence-electron chi connectivity index (χ2n) is 2.90. The first-order chi connectivity index (χ1) is 5.22. The molecule has 1 aliphatic carbocycles. The fraction of sp³-hybridized carbons (Fsp3) is 0.875. The van der Waals surface area contributed by atoms with E-state index in [0.29, 0.717) is 0 Å². The van der Waals surface area contributed by atoms with Crippen LogP contribution in [0.5, 0.6) is 0 Å². The minimum atomic E-state index is -0.512. The highest BCUT2D eigenvalue weighted by atomic mass is 16.7. The van der Waals surface area contributed by atoms with Gasteiger partial charge < -0.3 is 9.47 Å². The monoisotopic (exact) mass is 158 g/mol. The fourth-order valence-electron chi connectivity index (χ4n) is 0.597. The lowest BCUT2D eigenvalue weighted by Gasteiger charge is -2.09. The Morgan fingerprint density at radius 3 is 2.73 bits per heavy atom. The van der Waals surface area contributed by atoms with Crippen molar-refractivity contribution in [3.8, 4) is 0 Å². The van der Waals surface area contributed by atoms with Crippen molar-refractivity contribution in [2.45, 2.75) is 45.3 Å². The van der Waals surface area contributed by atoms with Gasteiger partial charge in [0.2, 0.25) is 0 Å². The van der Waals surface area contributed by atoms with Gasteiger partial charge in [0.1, 0.15) is 12.2 Å². The van der Waals surface area contributed by atoms with Crippen LogP contribution in [0.3, 0.4) is 0 Å². The van der Waals surface area contributed by atoms with Gasteiger partial charge in [-0.1, -0.05) is 6.92 Å². The Kier molecular flexibility index (Phi) is 2.74. The van der Waals surface area contributed by atoms with E-state index in [1.165, 1.54) is 0 Å². The molecule has 1 aliphatic rings. The van der Waals surface area contributed by atoms with Crippen molar-refractivity contribution in [2.24, 2.45) is 0 Å². The van der Waals surface area contributed by atoms with Gasteiger partial charge in [-0.2, -0.15) is 0 Å². The minimum absolute atomic E-state index is 0.0266. The summed E-state index contributed by atoms with van der Waals surface area (Å²) in [6, 6.07) is 0. The highest BCUT2D eigenvalue weighted by Gasteiger charge is 2.27. The lowest BCUT2D eigenvalue weighted by Crippen LogP contribution is -2.15. The van der Waals surface area contributed by atoms with Gasteiger partial charge in [0.25, 0.3) is 0 Å². The average Bonchev–Trinajstić information content (AvgIpc) is 2.71. The maximum atomic E-state index is 10.8. The summed E-state index contributed by atoms with van der Waals surface area (Å²) in [6.07, 6.45) is 2.43. The van der Waals surface area contributed by atoms with E-state index < -0.39 is 6.16 Å². The zero-order chi connectivity index (χ0) is 8.27. The molecule has 1 fully saturated rings. The number of hydrogen-bond acceptors (Lipinski definition) is 3. The third-order valence-corrected chi connectivity index (χ3v) is 1.66. The highest BCUT2D eigenvalue weighted by molar-refractivity contribution is 5.60. The lowest BCUT2D eigenvalue weighted by molar-refractivity contribution is 0.0235. The van der Waals surface area contributed by atoms with Crippen molar-refractivity contribution in [2.75, 3.05) is 0 Å². The van der Waals surface area contributed by atoms with Crippen LogP contribution in [0.15, 0.2) is 0 Å². The van der Waals surface area contributed by atoms with E-state index in [9.17, 15) is 4.79 Å². The molecule has 1 saturated carbocycles. The van der Waals surface area contributed by atoms with E-state index >= 15 is 0 Å². The third kappa shape index (κ3) is 3.25. The molecule has 0 amide bonds. The van der Waals surface area contributed by atoms with E-state index in [0.717, 1.165) is 19.3 Å². The SMILES string of the molecule is CC[C@@H](C)OC(=O)OC1CC1. The summed E-state index contributed by atoms with van der Waals surface area (Å²) >= 11 is 0. The van der Waals surface area contributed by atoms with Crippen LogP contribution in [0, 0.1) is 0 Å². The molecule has 0 spiro atoms. The Balaban J connectivity index is 2.08. The zero-order valence-electron chi connectivity index (χ0n) is 7.00. The molecule has 0 heterocycles. The average molecular weight is 158 g/mol. The molecule has 1 rings (SSSR count). The molecule has 3 nitrogen and oxygen atoms in total. The molecule has 0 bridgehead atoms. The van der Waals surface area contributed by atoms with E-state index in [2.05, 4.69) is 0 Å². The van der Waals surface area contributed by atoms with Gasteiger partial charge in [0.15, 0.2) is 0 Å². The van der Waals surface area contributed by atoms with Crippen molar-refractivity contribution in [3.05, 3.63) is 0 Å². The van der Waals surface area contributed by atoms with Gasteiger partial charge in [-0.3, -0.25) is 0 Å². The molecule has 0 unspecified atom stereocenters. The Morgan fingerprint density at radius 2 is 2.27 bits per heavy atom. The van der Waals surface area contributed by atoms with Gasteiger partial charge in [0, 0.05) is 0 Å². The number of hydrogen-bond donors (Lipinski definition) is 0. The van der Waals surface area contributed by atoms with Gasteiger partial charge in [-0.05, 0) is 26.2 Å². The largest absolute Gasteiger partial charge is 0.508 e. The van der Waals surface area contributed by atoms with Crippen LogP contribution in [0.1, 0.15) is 33.1 Å². The number of ether oxygens (including phenoxy) is 2. The van der Waals surface area contributed by atoms with Crippen molar-refractivity contribution < 1.29 is 14.3 Å². The van der Waals surface area contributed by atoms with Crippen LogP contribution in [-0.4, -0.2) is 18.4 Å². The van der Waals surface area contributed by atoms with Crippen molar-refractivity contribution in [1.29, 1.82) is 0 Å². The molecule has 0 aromatic heterocycles. The lowest BCUT2D eigenvalue weighted by atomic mass is 10.3. The zero-order valence-corrected chi connectivity index (χ0v) is 7.00. The molecular formula is C8H14O3. The van der Waals surface area contributed by atoms with Crippen LogP contribution in [0.4, 0.5) is 4.79 Å². The first-order valence-electron chi connectivity index (χ1n) is 4.09. The second kappa shape index (κ2) is 3.60. The molecule has 0 radical (unpaired) electrons. The van der Waals surface area contributed by atoms with Crippen LogP contribution in [0.25, 0.3) is 0 Å². The van der Waals surface area contributed by atoms with Crippen LogP contribution >= 0.6 is 0 Å². The predicted molar refractivity (Wildman–Crippen MR) is 40.3 cm³/mol. The van der Waals surface area contributed by atoms with Gasteiger partial charge in [0.05, 0.1) is 0 Å². The highest BCUT2D eigenvalue weighted by Crippen LogP contribution is 2.24. The predicted octanol–water partition coefficient (Wildman–Crippen LogP) is 2.10. The molecule has 0 aromatic carbocycles. The molecule has 0 aliphatic heterocycles. The van der Waals surface area contributed by atoms with Crippen LogP contribution in [-0.2, 0) is 9.47 Å². The normalized spacial score (nSPS) is 19.1. The van der Waals surface area contributed by atoms with E-state index in [1.54, 1.807) is 0 Å². The summed E-state index contributed by atoms with van der Waals surface area (Å²) < 4.78 is 9.76. The summed E-state index contributed by atoms with van der Waals surface area (Å²) in [5, 5.41) is 0. The Labute approximate surface area is 66.7 Å². The molecule has 1 atom stereocenters. The molecule has 64 valence electrons. The van der Waals surface area contributed by atoms with Crippen LogP contribution in [0.2, 0.25) is 0 Å². The van der Waals surface area contributed by atoms with Gasteiger partial charge in [-0.15, -0.1) is 0 Å². The Bertz CT molecular complexity index is 140. The molecule has 0 saturated heterocycles. The van der Waals surface area contributed by atoms with Crippen molar-refractivity contribution in [3.63, 3.8) is 0 Å². The smallest absolute Gasteiger partial charge is 0.431 e. The van der Waals surface area contributed by atoms with Crippen LogP contribution < -0.4 is 0 Å². The second-order valence-corrected chi connectivity index (χ2v) is 2.90. The maximum absolute atomic E-state index is 10.8. The summed E-state index contributed by atoms with van der Waals surface area (Å²) in [6.45, 7) is 3.82. The van der Waals surface area contributed by atoms with Gasteiger partial charge >= 0.3 is 6.16 Å². The topological polar surface area (TPSA) is 35.5 Å². The molecule has 11 heavy (non-hydrogen) atoms. The molecule has 0 N–H and O–H groups in total. The Hall–Kier alpha value is -0.730. The minimum Gasteiger partial charge on any atom is -0.431 e. The number of carbonyl (C=O) groups is 1. The summed E-state index contributed by atoms with van der Waals surface area (Å²) in [7, 11) is 0. The van der Waals surface area contributed by atoms with E-state index in [-0.39, 0.29) is 12.2 Å². The van der Waals surface area contributed by atoms with Gasteiger partial charge in [-0.25, -0.2) is 4.79 Å². The standard InChI is InChI=1S/C8H14O3/c1-3-6(2)10-8(9)11-7-4-5-7/h6-7H,3-5H2,1-2H3/t6-/m1/s1.